The van der Waals surface area contributed by atoms with Gasteiger partial charge in [0.2, 0.25) is 5.91 Å². The normalized spacial score (nSPS) is 16.1. The van der Waals surface area contributed by atoms with Crippen LogP contribution in [0.25, 0.3) is 22.0 Å². The molecule has 10 heteroatoms. The molecule has 2 unspecified atom stereocenters. The molecule has 5 rings (SSSR count). The maximum atomic E-state index is 13.2. The number of rotatable bonds is 5. The number of fused-ring (bicyclic) bond motifs is 1. The lowest BCUT2D eigenvalue weighted by molar-refractivity contribution is -0.136. The molecule has 4 aromatic rings. The zero-order valence-corrected chi connectivity index (χ0v) is 20.9. The highest BCUT2D eigenvalue weighted by molar-refractivity contribution is 5.99. The number of carbonyl (C=O) groups excluding carboxylic acids is 3. The highest BCUT2D eigenvalue weighted by Crippen LogP contribution is 2.26. The average Bonchev–Trinajstić information content (AvgIpc) is 2.89. The quantitative estimate of drug-likeness (QED) is 0.351. The van der Waals surface area contributed by atoms with Crippen LogP contribution in [0, 0.1) is 6.92 Å². The number of aryl methyl sites for hydroxylation is 1. The topological polar surface area (TPSA) is 135 Å². The summed E-state index contributed by atoms with van der Waals surface area (Å²) >= 11 is 0. The number of piperidine rings is 1. The summed E-state index contributed by atoms with van der Waals surface area (Å²) in [5.41, 5.74) is 4.44. The molecule has 2 atom stereocenters. The van der Waals surface area contributed by atoms with E-state index in [0.717, 1.165) is 21.4 Å². The van der Waals surface area contributed by atoms with E-state index >= 15 is 0 Å². The lowest BCUT2D eigenvalue weighted by Gasteiger charge is -2.21. The molecule has 3 N–H and O–H groups in total. The molecule has 4 amide bonds. The molecular formula is C28H26N6O4. The van der Waals surface area contributed by atoms with Crippen molar-refractivity contribution >= 4 is 34.4 Å². The molecule has 1 saturated heterocycles. The fourth-order valence-electron chi connectivity index (χ4n) is 4.57. The summed E-state index contributed by atoms with van der Waals surface area (Å²) in [6, 6.07) is 19.0. The molecule has 1 aliphatic rings. The molecule has 3 aromatic carbocycles. The van der Waals surface area contributed by atoms with E-state index in [0.29, 0.717) is 16.8 Å². The molecule has 0 spiro atoms. The Morgan fingerprint density at radius 2 is 1.87 bits per heavy atom. The van der Waals surface area contributed by atoms with E-state index in [-0.39, 0.29) is 24.1 Å². The Kier molecular flexibility index (Phi) is 6.69. The number of carbonyl (C=O) groups is 3. The predicted octanol–water partition coefficient (Wildman–Crippen LogP) is 3.63. The number of hydrogen-bond donors (Lipinski definition) is 3. The Hall–Kier alpha value is -4.86. The van der Waals surface area contributed by atoms with Gasteiger partial charge in [-0.3, -0.25) is 19.7 Å². The Bertz CT molecular complexity index is 1630. The van der Waals surface area contributed by atoms with Gasteiger partial charge in [-0.15, -0.1) is 5.10 Å². The summed E-state index contributed by atoms with van der Waals surface area (Å²) in [4.78, 5) is 49.7. The Morgan fingerprint density at radius 3 is 2.66 bits per heavy atom. The first kappa shape index (κ1) is 24.8. The number of aromatic nitrogens is 3. The number of imide groups is 1. The van der Waals surface area contributed by atoms with Gasteiger partial charge in [0.15, 0.2) is 0 Å². The van der Waals surface area contributed by atoms with Crippen LogP contribution in [0.1, 0.15) is 43.0 Å². The summed E-state index contributed by atoms with van der Waals surface area (Å²) < 4.78 is 1.01. The van der Waals surface area contributed by atoms with Crippen LogP contribution in [-0.4, -0.2) is 32.8 Å². The van der Waals surface area contributed by atoms with Crippen LogP contribution in [0.4, 0.5) is 10.5 Å². The summed E-state index contributed by atoms with van der Waals surface area (Å²) in [5, 5.41) is 16.2. The van der Waals surface area contributed by atoms with Gasteiger partial charge in [0.25, 0.3) is 11.5 Å². The largest absolute Gasteiger partial charge is 0.331 e. The zero-order valence-electron chi connectivity index (χ0n) is 20.9. The lowest BCUT2D eigenvalue weighted by Crippen LogP contribution is -2.45. The van der Waals surface area contributed by atoms with Gasteiger partial charge >= 0.3 is 6.03 Å². The SMILES string of the molecule is Cc1ccccc1-c1cccc(NC(=O)NC(C)c2ccc3nnn(C4CCC(=O)NC4=O)c(=O)c3c2)c1. The second kappa shape index (κ2) is 10.3. The first-order chi connectivity index (χ1) is 18.3. The molecule has 1 aromatic heterocycles. The molecule has 38 heavy (non-hydrogen) atoms. The first-order valence-corrected chi connectivity index (χ1v) is 12.3. The van der Waals surface area contributed by atoms with Gasteiger partial charge in [0.05, 0.1) is 11.4 Å². The standard InChI is InChI=1S/C28H26N6O4/c1-16-6-3-4-9-21(16)19-7-5-8-20(14-19)30-28(38)29-17(2)18-10-11-23-22(15-18)27(37)34(33-32-23)24-12-13-25(35)31-26(24)36/h3-11,14-15,17,24H,12-13H2,1-2H3,(H2,29,30,38)(H,31,35,36). The van der Waals surface area contributed by atoms with Crippen molar-refractivity contribution in [2.24, 2.45) is 0 Å². The van der Waals surface area contributed by atoms with E-state index in [9.17, 15) is 19.2 Å². The van der Waals surface area contributed by atoms with E-state index in [1.165, 1.54) is 0 Å². The molecule has 192 valence electrons. The van der Waals surface area contributed by atoms with Gasteiger partial charge in [-0.2, -0.15) is 4.68 Å². The van der Waals surface area contributed by atoms with E-state index in [1.54, 1.807) is 25.1 Å². The third-order valence-corrected chi connectivity index (χ3v) is 6.64. The van der Waals surface area contributed by atoms with Crippen LogP contribution >= 0.6 is 0 Å². The summed E-state index contributed by atoms with van der Waals surface area (Å²) in [5.74, 6) is -0.957. The highest BCUT2D eigenvalue weighted by atomic mass is 16.2. The van der Waals surface area contributed by atoms with Crippen molar-refractivity contribution in [1.82, 2.24) is 25.6 Å². The van der Waals surface area contributed by atoms with E-state index in [2.05, 4.69) is 26.3 Å². The third kappa shape index (κ3) is 5.01. The third-order valence-electron chi connectivity index (χ3n) is 6.64. The van der Waals surface area contributed by atoms with E-state index in [1.807, 2.05) is 55.5 Å². The van der Waals surface area contributed by atoms with Gasteiger partial charge in [0, 0.05) is 12.1 Å². The molecule has 10 nitrogen and oxygen atoms in total. The van der Waals surface area contributed by atoms with E-state index < -0.39 is 29.6 Å². The fourth-order valence-corrected chi connectivity index (χ4v) is 4.57. The summed E-state index contributed by atoms with van der Waals surface area (Å²) in [6.45, 7) is 3.84. The van der Waals surface area contributed by atoms with Gasteiger partial charge < -0.3 is 10.6 Å². The highest BCUT2D eigenvalue weighted by Gasteiger charge is 2.30. The second-order valence-corrected chi connectivity index (χ2v) is 9.30. The minimum Gasteiger partial charge on any atom is -0.331 e. The Morgan fingerprint density at radius 1 is 1.05 bits per heavy atom. The Balaban J connectivity index is 1.33. The molecule has 0 bridgehead atoms. The second-order valence-electron chi connectivity index (χ2n) is 9.30. The van der Waals surface area contributed by atoms with Crippen LogP contribution in [0.5, 0.6) is 0 Å². The summed E-state index contributed by atoms with van der Waals surface area (Å²) in [6.07, 6.45) is 0.292. The van der Waals surface area contributed by atoms with Crippen LogP contribution in [0.15, 0.2) is 71.5 Å². The minimum absolute atomic E-state index is 0.118. The van der Waals surface area contributed by atoms with Crippen molar-refractivity contribution in [3.8, 4) is 11.1 Å². The molecule has 0 radical (unpaired) electrons. The number of urea groups is 1. The van der Waals surface area contributed by atoms with Crippen LogP contribution in [0.2, 0.25) is 0 Å². The lowest BCUT2D eigenvalue weighted by atomic mass is 10.0. The molecular weight excluding hydrogens is 484 g/mol. The number of nitrogens with zero attached hydrogens (tertiary/aromatic N) is 3. The smallest absolute Gasteiger partial charge is 0.319 e. The minimum atomic E-state index is -0.905. The van der Waals surface area contributed by atoms with Gasteiger partial charge in [-0.1, -0.05) is 47.7 Å². The number of hydrogen-bond acceptors (Lipinski definition) is 6. The first-order valence-electron chi connectivity index (χ1n) is 12.3. The fraction of sp³-hybridized carbons (Fsp3) is 0.214. The van der Waals surface area contributed by atoms with Crippen molar-refractivity contribution in [3.63, 3.8) is 0 Å². The Labute approximate surface area is 218 Å². The summed E-state index contributed by atoms with van der Waals surface area (Å²) in [7, 11) is 0. The number of anilines is 1. The van der Waals surface area contributed by atoms with Crippen molar-refractivity contribution < 1.29 is 14.4 Å². The van der Waals surface area contributed by atoms with Crippen molar-refractivity contribution in [2.75, 3.05) is 5.32 Å². The average molecular weight is 511 g/mol. The predicted molar refractivity (Wildman–Crippen MR) is 142 cm³/mol. The van der Waals surface area contributed by atoms with Crippen molar-refractivity contribution in [2.45, 2.75) is 38.8 Å². The van der Waals surface area contributed by atoms with Gasteiger partial charge in [0.1, 0.15) is 11.6 Å². The van der Waals surface area contributed by atoms with Crippen LogP contribution < -0.4 is 21.5 Å². The number of benzene rings is 3. The van der Waals surface area contributed by atoms with Crippen molar-refractivity contribution in [3.05, 3.63) is 88.2 Å². The van der Waals surface area contributed by atoms with E-state index in [4.69, 9.17) is 0 Å². The van der Waals surface area contributed by atoms with Gasteiger partial charge in [-0.25, -0.2) is 4.79 Å². The van der Waals surface area contributed by atoms with Crippen LogP contribution in [0.3, 0.4) is 0 Å². The molecule has 0 saturated carbocycles. The number of nitrogens with one attached hydrogen (secondary N) is 3. The molecule has 0 aliphatic carbocycles. The molecule has 1 fully saturated rings. The zero-order chi connectivity index (χ0) is 26.8. The number of amides is 4. The monoisotopic (exact) mass is 510 g/mol. The maximum Gasteiger partial charge on any atom is 0.319 e. The molecule has 1 aliphatic heterocycles. The van der Waals surface area contributed by atoms with Gasteiger partial charge in [-0.05, 0) is 66.8 Å². The molecule has 2 heterocycles. The maximum absolute atomic E-state index is 13.2. The van der Waals surface area contributed by atoms with Crippen molar-refractivity contribution in [1.29, 1.82) is 0 Å². The van der Waals surface area contributed by atoms with Crippen LogP contribution in [-0.2, 0) is 9.59 Å².